The second-order valence-corrected chi connectivity index (χ2v) is 4.84. The van der Waals surface area contributed by atoms with Crippen LogP contribution in [0.1, 0.15) is 24.8 Å². The molecule has 1 atom stereocenters. The molecule has 0 radical (unpaired) electrons. The Hall–Kier alpha value is -1.28. The number of carbonyl (C=O) groups excluding carboxylic acids is 1. The van der Waals surface area contributed by atoms with Crippen LogP contribution in [-0.2, 0) is 4.79 Å². The number of hydrogen-bond donors (Lipinski definition) is 1. The maximum absolute atomic E-state index is 12.0. The molecule has 0 saturated carbocycles. The summed E-state index contributed by atoms with van der Waals surface area (Å²) in [4.78, 5) is 12.0. The topological polar surface area (TPSA) is 29.1 Å². The summed E-state index contributed by atoms with van der Waals surface area (Å²) in [7, 11) is 0. The Labute approximate surface area is 107 Å². The summed E-state index contributed by atoms with van der Waals surface area (Å²) in [6, 6.07) is 5.60. The first kappa shape index (κ1) is 12.2. The Bertz CT molecular complexity index is 454. The molecule has 1 aliphatic rings. The van der Waals surface area contributed by atoms with Gasteiger partial charge in [-0.3, -0.25) is 4.79 Å². The van der Waals surface area contributed by atoms with E-state index >= 15 is 0 Å². The minimum Gasteiger partial charge on any atom is -0.326 e. The summed E-state index contributed by atoms with van der Waals surface area (Å²) in [5.74, 6) is 0.189. The van der Waals surface area contributed by atoms with Gasteiger partial charge in [0.2, 0.25) is 5.91 Å². The third-order valence-corrected chi connectivity index (χ3v) is 3.49. The Morgan fingerprint density at radius 2 is 2.24 bits per heavy atom. The Morgan fingerprint density at radius 3 is 2.88 bits per heavy atom. The van der Waals surface area contributed by atoms with E-state index in [1.165, 1.54) is 0 Å². The first-order valence-corrected chi connectivity index (χ1v) is 6.26. The van der Waals surface area contributed by atoms with E-state index in [0.717, 1.165) is 30.5 Å². The van der Waals surface area contributed by atoms with Gasteiger partial charge in [-0.1, -0.05) is 29.8 Å². The second kappa shape index (κ2) is 5.37. The number of hydrogen-bond acceptors (Lipinski definition) is 1. The van der Waals surface area contributed by atoms with Crippen LogP contribution in [0.3, 0.4) is 0 Å². The predicted molar refractivity (Wildman–Crippen MR) is 71.3 cm³/mol. The van der Waals surface area contributed by atoms with Gasteiger partial charge in [-0.05, 0) is 43.9 Å². The van der Waals surface area contributed by atoms with Crippen molar-refractivity contribution in [1.82, 2.24) is 0 Å². The number of halogens is 1. The lowest BCUT2D eigenvalue weighted by Crippen LogP contribution is -2.23. The highest BCUT2D eigenvalue weighted by molar-refractivity contribution is 6.31. The molecule has 1 unspecified atom stereocenters. The van der Waals surface area contributed by atoms with Crippen molar-refractivity contribution < 1.29 is 4.79 Å². The minimum absolute atomic E-state index is 0.0919. The Balaban J connectivity index is 2.02. The van der Waals surface area contributed by atoms with Crippen LogP contribution in [-0.4, -0.2) is 5.91 Å². The van der Waals surface area contributed by atoms with E-state index < -0.39 is 0 Å². The molecule has 0 aromatic heterocycles. The molecule has 0 saturated heterocycles. The molecule has 2 nitrogen and oxygen atoms in total. The first-order chi connectivity index (χ1) is 8.16. The number of rotatable bonds is 2. The molecule has 90 valence electrons. The number of nitrogens with one attached hydrogen (secondary N) is 1. The summed E-state index contributed by atoms with van der Waals surface area (Å²) >= 11 is 6.02. The van der Waals surface area contributed by atoms with Gasteiger partial charge in [0.25, 0.3) is 0 Å². The number of carbonyl (C=O) groups is 1. The predicted octanol–water partition coefficient (Wildman–Crippen LogP) is 3.94. The first-order valence-electron chi connectivity index (χ1n) is 5.89. The minimum atomic E-state index is 0.0919. The molecule has 0 aliphatic heterocycles. The van der Waals surface area contributed by atoms with Gasteiger partial charge < -0.3 is 5.32 Å². The zero-order valence-electron chi connectivity index (χ0n) is 9.87. The van der Waals surface area contributed by atoms with Crippen LogP contribution in [0.2, 0.25) is 5.02 Å². The molecular formula is C14H16ClNO. The molecule has 0 spiro atoms. The van der Waals surface area contributed by atoms with Crippen LogP contribution in [0, 0.1) is 12.8 Å². The lowest BCUT2D eigenvalue weighted by molar-refractivity contribution is -0.120. The van der Waals surface area contributed by atoms with Crippen LogP contribution in [0.4, 0.5) is 5.69 Å². The molecule has 0 bridgehead atoms. The fourth-order valence-corrected chi connectivity index (χ4v) is 2.13. The third-order valence-electron chi connectivity index (χ3n) is 3.08. The van der Waals surface area contributed by atoms with Crippen molar-refractivity contribution >= 4 is 23.2 Å². The smallest absolute Gasteiger partial charge is 0.227 e. The quantitative estimate of drug-likeness (QED) is 0.791. The second-order valence-electron chi connectivity index (χ2n) is 4.43. The van der Waals surface area contributed by atoms with Gasteiger partial charge in [-0.2, -0.15) is 0 Å². The van der Waals surface area contributed by atoms with E-state index in [1.54, 1.807) is 6.07 Å². The van der Waals surface area contributed by atoms with Crippen molar-refractivity contribution in [3.05, 3.63) is 40.9 Å². The molecule has 0 heterocycles. The highest BCUT2D eigenvalue weighted by atomic mass is 35.5. The van der Waals surface area contributed by atoms with Gasteiger partial charge in [0.05, 0.1) is 0 Å². The normalized spacial score (nSPS) is 19.1. The van der Waals surface area contributed by atoms with E-state index in [4.69, 9.17) is 11.6 Å². The number of anilines is 1. The van der Waals surface area contributed by atoms with Crippen LogP contribution in [0.5, 0.6) is 0 Å². The summed E-state index contributed by atoms with van der Waals surface area (Å²) < 4.78 is 0. The van der Waals surface area contributed by atoms with Gasteiger partial charge in [-0.25, -0.2) is 0 Å². The van der Waals surface area contributed by atoms with Crippen LogP contribution in [0.25, 0.3) is 0 Å². The van der Waals surface area contributed by atoms with Crippen molar-refractivity contribution in [2.24, 2.45) is 5.92 Å². The molecule has 1 N–H and O–H groups in total. The number of allylic oxidation sites excluding steroid dienone is 2. The van der Waals surface area contributed by atoms with Crippen molar-refractivity contribution in [2.75, 3.05) is 5.32 Å². The zero-order valence-corrected chi connectivity index (χ0v) is 10.6. The highest BCUT2D eigenvalue weighted by Crippen LogP contribution is 2.23. The SMILES string of the molecule is Cc1ccc(NC(=O)C2CC=CCC2)cc1Cl. The van der Waals surface area contributed by atoms with Crippen LogP contribution in [0.15, 0.2) is 30.4 Å². The maximum Gasteiger partial charge on any atom is 0.227 e. The molecular weight excluding hydrogens is 234 g/mol. The van der Waals surface area contributed by atoms with E-state index in [-0.39, 0.29) is 11.8 Å². The number of benzene rings is 1. The molecule has 1 amide bonds. The van der Waals surface area contributed by atoms with E-state index in [2.05, 4.69) is 17.5 Å². The molecule has 2 rings (SSSR count). The molecule has 1 aliphatic carbocycles. The van der Waals surface area contributed by atoms with Gasteiger partial charge >= 0.3 is 0 Å². The zero-order chi connectivity index (χ0) is 12.3. The van der Waals surface area contributed by atoms with Crippen LogP contribution >= 0.6 is 11.6 Å². The largest absolute Gasteiger partial charge is 0.326 e. The molecule has 0 fully saturated rings. The fraction of sp³-hybridized carbons (Fsp3) is 0.357. The van der Waals surface area contributed by atoms with Gasteiger partial charge in [0.1, 0.15) is 0 Å². The van der Waals surface area contributed by atoms with E-state index in [1.807, 2.05) is 19.1 Å². The summed E-state index contributed by atoms with van der Waals surface area (Å²) in [5.41, 5.74) is 1.80. The van der Waals surface area contributed by atoms with Crippen molar-refractivity contribution in [3.63, 3.8) is 0 Å². The highest BCUT2D eigenvalue weighted by Gasteiger charge is 2.18. The molecule has 17 heavy (non-hydrogen) atoms. The summed E-state index contributed by atoms with van der Waals surface area (Å²) in [6.07, 6.45) is 6.97. The lowest BCUT2D eigenvalue weighted by Gasteiger charge is -2.17. The van der Waals surface area contributed by atoms with E-state index in [0.29, 0.717) is 5.02 Å². The van der Waals surface area contributed by atoms with Gasteiger partial charge in [0.15, 0.2) is 0 Å². The lowest BCUT2D eigenvalue weighted by atomic mass is 9.93. The molecule has 1 aromatic rings. The van der Waals surface area contributed by atoms with Crippen LogP contribution < -0.4 is 5.32 Å². The number of aryl methyl sites for hydroxylation is 1. The van der Waals surface area contributed by atoms with Crippen molar-refractivity contribution in [3.8, 4) is 0 Å². The Kier molecular flexibility index (Phi) is 3.85. The molecule has 3 heteroatoms. The van der Waals surface area contributed by atoms with Gasteiger partial charge in [0, 0.05) is 16.6 Å². The van der Waals surface area contributed by atoms with E-state index in [9.17, 15) is 4.79 Å². The monoisotopic (exact) mass is 249 g/mol. The summed E-state index contributed by atoms with van der Waals surface area (Å²) in [5, 5.41) is 3.61. The molecule has 1 aromatic carbocycles. The third kappa shape index (κ3) is 3.10. The Morgan fingerprint density at radius 1 is 1.41 bits per heavy atom. The van der Waals surface area contributed by atoms with Crippen molar-refractivity contribution in [2.45, 2.75) is 26.2 Å². The maximum atomic E-state index is 12.0. The fourth-order valence-electron chi connectivity index (χ4n) is 1.95. The average Bonchev–Trinajstić information content (AvgIpc) is 2.35. The van der Waals surface area contributed by atoms with Crippen molar-refractivity contribution in [1.29, 1.82) is 0 Å². The van der Waals surface area contributed by atoms with Gasteiger partial charge in [-0.15, -0.1) is 0 Å². The standard InChI is InChI=1S/C14H16ClNO/c1-10-7-8-12(9-13(10)15)16-14(17)11-5-3-2-4-6-11/h2-3,7-9,11H,4-6H2,1H3,(H,16,17). The number of amides is 1. The summed E-state index contributed by atoms with van der Waals surface area (Å²) in [6.45, 7) is 1.94. The average molecular weight is 250 g/mol.